The van der Waals surface area contributed by atoms with E-state index < -0.39 is 18.5 Å². The number of carbonyl (C=O) groups excluding carboxylic acids is 1. The van der Waals surface area contributed by atoms with E-state index in [1.807, 2.05) is 0 Å². The SMILES string of the molecule is C#CCN(CC(=O)O)C(=O)Nc1cn[nH]c1. The van der Waals surface area contributed by atoms with Crippen LogP contribution in [0, 0.1) is 12.3 Å². The summed E-state index contributed by atoms with van der Waals surface area (Å²) in [6, 6.07) is -0.582. The molecule has 3 N–H and O–H groups in total. The molecular formula is C9H10N4O3. The van der Waals surface area contributed by atoms with Crippen molar-refractivity contribution in [3.8, 4) is 12.3 Å². The predicted octanol–water partition coefficient (Wildman–Crippen LogP) is -0.0386. The molecule has 7 heteroatoms. The number of rotatable bonds is 4. The first kappa shape index (κ1) is 11.6. The van der Waals surface area contributed by atoms with Crippen LogP contribution in [0.4, 0.5) is 10.5 Å². The molecule has 0 radical (unpaired) electrons. The molecule has 84 valence electrons. The number of anilines is 1. The molecule has 16 heavy (non-hydrogen) atoms. The van der Waals surface area contributed by atoms with Crippen LogP contribution >= 0.6 is 0 Å². The molecule has 0 aliphatic rings. The molecular weight excluding hydrogens is 212 g/mol. The Bertz CT molecular complexity index is 407. The Hall–Kier alpha value is -2.49. The summed E-state index contributed by atoms with van der Waals surface area (Å²) in [7, 11) is 0. The van der Waals surface area contributed by atoms with Crippen LogP contribution in [0.15, 0.2) is 12.4 Å². The number of nitrogens with one attached hydrogen (secondary N) is 2. The second-order valence-electron chi connectivity index (χ2n) is 2.87. The van der Waals surface area contributed by atoms with E-state index in [2.05, 4.69) is 21.4 Å². The molecule has 0 aliphatic carbocycles. The monoisotopic (exact) mass is 222 g/mol. The molecule has 1 heterocycles. The molecule has 0 spiro atoms. The first-order valence-corrected chi connectivity index (χ1v) is 4.33. The van der Waals surface area contributed by atoms with Crippen LogP contribution in [0.25, 0.3) is 0 Å². The van der Waals surface area contributed by atoms with Crippen LogP contribution in [-0.2, 0) is 4.79 Å². The van der Waals surface area contributed by atoms with Crippen molar-refractivity contribution in [2.75, 3.05) is 18.4 Å². The summed E-state index contributed by atoms with van der Waals surface area (Å²) in [6.07, 6.45) is 7.89. The van der Waals surface area contributed by atoms with Gasteiger partial charge in [-0.25, -0.2) is 4.79 Å². The molecule has 0 aromatic carbocycles. The molecule has 1 aromatic rings. The Morgan fingerprint density at radius 3 is 2.94 bits per heavy atom. The van der Waals surface area contributed by atoms with Gasteiger partial charge in [0.15, 0.2) is 0 Å². The zero-order valence-electron chi connectivity index (χ0n) is 8.30. The standard InChI is InChI=1S/C9H10N4O3/c1-2-3-13(6-8(14)15)9(16)12-7-4-10-11-5-7/h1,4-5H,3,6H2,(H,10,11)(H,12,16)(H,14,15). The topological polar surface area (TPSA) is 98.3 Å². The number of aromatic amines is 1. The van der Waals surface area contributed by atoms with Crippen LogP contribution in [0.3, 0.4) is 0 Å². The number of nitrogens with zero attached hydrogens (tertiary/aromatic N) is 2. The maximum Gasteiger partial charge on any atom is 0.323 e. The Morgan fingerprint density at radius 1 is 1.69 bits per heavy atom. The molecule has 0 fully saturated rings. The first-order valence-electron chi connectivity index (χ1n) is 4.33. The summed E-state index contributed by atoms with van der Waals surface area (Å²) in [5.41, 5.74) is 0.442. The minimum Gasteiger partial charge on any atom is -0.480 e. The molecule has 7 nitrogen and oxygen atoms in total. The van der Waals surface area contributed by atoms with Crippen molar-refractivity contribution in [1.82, 2.24) is 15.1 Å². The van der Waals surface area contributed by atoms with Crippen molar-refractivity contribution in [3.05, 3.63) is 12.4 Å². The van der Waals surface area contributed by atoms with E-state index >= 15 is 0 Å². The van der Waals surface area contributed by atoms with Gasteiger partial charge in [-0.1, -0.05) is 5.92 Å². The van der Waals surface area contributed by atoms with Crippen LogP contribution < -0.4 is 5.32 Å². The third-order valence-electron chi connectivity index (χ3n) is 1.64. The number of urea groups is 1. The predicted molar refractivity (Wildman–Crippen MR) is 55.6 cm³/mol. The van der Waals surface area contributed by atoms with Crippen molar-refractivity contribution in [1.29, 1.82) is 0 Å². The maximum absolute atomic E-state index is 11.6. The summed E-state index contributed by atoms with van der Waals surface area (Å²) in [4.78, 5) is 23.0. The minimum atomic E-state index is -1.13. The Labute approximate surface area is 91.4 Å². The molecule has 0 bridgehead atoms. The normalized spacial score (nSPS) is 9.19. The lowest BCUT2D eigenvalue weighted by Crippen LogP contribution is -2.38. The highest BCUT2D eigenvalue weighted by atomic mass is 16.4. The number of carbonyl (C=O) groups is 2. The summed E-state index contributed by atoms with van der Waals surface area (Å²) < 4.78 is 0. The Kier molecular flexibility index (Phi) is 3.91. The highest BCUT2D eigenvalue weighted by molar-refractivity contribution is 5.91. The zero-order valence-corrected chi connectivity index (χ0v) is 8.30. The number of hydrogen-bond acceptors (Lipinski definition) is 3. The lowest BCUT2D eigenvalue weighted by atomic mass is 10.5. The van der Waals surface area contributed by atoms with E-state index in [-0.39, 0.29) is 6.54 Å². The summed E-state index contributed by atoms with van der Waals surface area (Å²) in [6.45, 7) is -0.524. The number of H-pyrrole nitrogens is 1. The molecule has 1 aromatic heterocycles. The summed E-state index contributed by atoms with van der Waals surface area (Å²) >= 11 is 0. The fourth-order valence-corrected chi connectivity index (χ4v) is 0.995. The van der Waals surface area contributed by atoms with Gasteiger partial charge in [-0.05, 0) is 0 Å². The third kappa shape index (κ3) is 3.34. The highest BCUT2D eigenvalue weighted by Crippen LogP contribution is 2.03. The lowest BCUT2D eigenvalue weighted by Gasteiger charge is -2.17. The molecule has 0 saturated heterocycles. The number of carboxylic acid groups (broad SMARTS) is 1. The van der Waals surface area contributed by atoms with E-state index in [9.17, 15) is 9.59 Å². The fourth-order valence-electron chi connectivity index (χ4n) is 0.995. The second kappa shape index (κ2) is 5.41. The van der Waals surface area contributed by atoms with Gasteiger partial charge in [-0.15, -0.1) is 6.42 Å². The average Bonchev–Trinajstić information content (AvgIpc) is 2.69. The fraction of sp³-hybridized carbons (Fsp3) is 0.222. The summed E-state index contributed by atoms with van der Waals surface area (Å²) in [5, 5.41) is 17.2. The lowest BCUT2D eigenvalue weighted by molar-refractivity contribution is -0.137. The summed E-state index contributed by atoms with van der Waals surface area (Å²) in [5.74, 6) is 1.08. The van der Waals surface area contributed by atoms with E-state index in [4.69, 9.17) is 11.5 Å². The van der Waals surface area contributed by atoms with Crippen molar-refractivity contribution in [2.45, 2.75) is 0 Å². The molecule has 1 rings (SSSR count). The number of aromatic nitrogens is 2. The zero-order chi connectivity index (χ0) is 12.0. The van der Waals surface area contributed by atoms with Crippen LogP contribution in [0.5, 0.6) is 0 Å². The molecule has 0 saturated carbocycles. The van der Waals surface area contributed by atoms with Gasteiger partial charge in [0.25, 0.3) is 0 Å². The number of aliphatic carboxylic acids is 1. The van der Waals surface area contributed by atoms with Gasteiger partial charge in [0.2, 0.25) is 0 Å². The van der Waals surface area contributed by atoms with Gasteiger partial charge in [0.05, 0.1) is 18.4 Å². The van der Waals surface area contributed by atoms with Crippen LogP contribution in [0.1, 0.15) is 0 Å². The van der Waals surface area contributed by atoms with E-state index in [1.54, 1.807) is 0 Å². The van der Waals surface area contributed by atoms with Gasteiger partial charge in [0.1, 0.15) is 6.54 Å². The molecule has 0 aliphatic heterocycles. The Balaban J connectivity index is 2.60. The maximum atomic E-state index is 11.6. The van der Waals surface area contributed by atoms with Crippen LogP contribution in [0.2, 0.25) is 0 Å². The first-order chi connectivity index (χ1) is 7.63. The van der Waals surface area contributed by atoms with Crippen molar-refractivity contribution in [3.63, 3.8) is 0 Å². The van der Waals surface area contributed by atoms with Crippen molar-refractivity contribution in [2.24, 2.45) is 0 Å². The molecule has 2 amide bonds. The van der Waals surface area contributed by atoms with Crippen molar-refractivity contribution >= 4 is 17.7 Å². The van der Waals surface area contributed by atoms with E-state index in [0.717, 1.165) is 4.90 Å². The number of terminal acetylenes is 1. The van der Waals surface area contributed by atoms with E-state index in [1.165, 1.54) is 12.4 Å². The van der Waals surface area contributed by atoms with Crippen LogP contribution in [-0.4, -0.2) is 45.3 Å². The minimum absolute atomic E-state index is 0.0734. The largest absolute Gasteiger partial charge is 0.480 e. The van der Waals surface area contributed by atoms with Gasteiger partial charge in [-0.2, -0.15) is 5.10 Å². The number of amides is 2. The number of carboxylic acids is 1. The Morgan fingerprint density at radius 2 is 2.44 bits per heavy atom. The third-order valence-corrected chi connectivity index (χ3v) is 1.64. The van der Waals surface area contributed by atoms with Crippen molar-refractivity contribution < 1.29 is 14.7 Å². The molecule has 0 unspecified atom stereocenters. The number of hydrogen-bond donors (Lipinski definition) is 3. The second-order valence-corrected chi connectivity index (χ2v) is 2.87. The van der Waals surface area contributed by atoms with Gasteiger partial charge < -0.3 is 15.3 Å². The van der Waals surface area contributed by atoms with Gasteiger partial charge in [-0.3, -0.25) is 9.89 Å². The smallest absolute Gasteiger partial charge is 0.323 e. The average molecular weight is 222 g/mol. The quantitative estimate of drug-likeness (QED) is 0.622. The molecule has 0 atom stereocenters. The van der Waals surface area contributed by atoms with Gasteiger partial charge >= 0.3 is 12.0 Å². The van der Waals surface area contributed by atoms with E-state index in [0.29, 0.717) is 5.69 Å². The highest BCUT2D eigenvalue weighted by Gasteiger charge is 2.15. The van der Waals surface area contributed by atoms with Gasteiger partial charge in [0, 0.05) is 6.20 Å².